The fourth-order valence-electron chi connectivity index (χ4n) is 2.30. The maximum Gasteiger partial charge on any atom is 0.261 e. The molecule has 2 N–H and O–H groups in total. The van der Waals surface area contributed by atoms with E-state index in [0.717, 1.165) is 18.1 Å². The maximum absolute atomic E-state index is 13.6. The van der Waals surface area contributed by atoms with E-state index in [1.807, 2.05) is 0 Å². The third-order valence-corrected chi connectivity index (χ3v) is 5.30. The van der Waals surface area contributed by atoms with E-state index in [9.17, 15) is 17.6 Å². The first kappa shape index (κ1) is 18.9. The summed E-state index contributed by atoms with van der Waals surface area (Å²) in [6.07, 6.45) is 0.964. The number of halogens is 1. The highest BCUT2D eigenvalue weighted by Crippen LogP contribution is 2.24. The number of amides is 1. The van der Waals surface area contributed by atoms with Crippen LogP contribution in [-0.4, -0.2) is 14.3 Å². The average molecular weight is 364 g/mol. The predicted molar refractivity (Wildman–Crippen MR) is 96.7 cm³/mol. The van der Waals surface area contributed by atoms with Crippen molar-refractivity contribution < 1.29 is 17.6 Å². The van der Waals surface area contributed by atoms with Crippen LogP contribution < -0.4 is 10.0 Å². The highest BCUT2D eigenvalue weighted by Gasteiger charge is 2.16. The fraction of sp³-hybridized carbons (Fsp3) is 0.278. The van der Waals surface area contributed by atoms with Gasteiger partial charge in [-0.05, 0) is 48.2 Å². The van der Waals surface area contributed by atoms with Crippen LogP contribution in [0.15, 0.2) is 47.4 Å². The number of nitrogens with one attached hydrogen (secondary N) is 2. The molecule has 0 fully saturated rings. The Kier molecular flexibility index (Phi) is 5.79. The molecule has 2 aromatic carbocycles. The fourth-order valence-corrected chi connectivity index (χ4v) is 3.35. The summed E-state index contributed by atoms with van der Waals surface area (Å²) >= 11 is 0. The highest BCUT2D eigenvalue weighted by molar-refractivity contribution is 7.92. The Morgan fingerprint density at radius 1 is 1.16 bits per heavy atom. The number of carbonyl (C=O) groups is 1. The minimum atomic E-state index is -3.81. The summed E-state index contributed by atoms with van der Waals surface area (Å²) in [5, 5.41) is 2.32. The monoisotopic (exact) mass is 364 g/mol. The van der Waals surface area contributed by atoms with E-state index in [-0.39, 0.29) is 16.3 Å². The van der Waals surface area contributed by atoms with E-state index in [0.29, 0.717) is 5.92 Å². The SMILES string of the molecule is CCC(C)c1ccc(S(=O)(=O)Nc2ccc(F)c(NC(C)=O)c2)cc1. The van der Waals surface area contributed by atoms with Gasteiger partial charge in [0.2, 0.25) is 5.91 Å². The summed E-state index contributed by atoms with van der Waals surface area (Å²) in [5.74, 6) is -0.738. The third-order valence-electron chi connectivity index (χ3n) is 3.90. The zero-order valence-electron chi connectivity index (χ0n) is 14.3. The number of sulfonamides is 1. The van der Waals surface area contributed by atoms with Crippen molar-refractivity contribution in [3.63, 3.8) is 0 Å². The predicted octanol–water partition coefficient (Wildman–Crippen LogP) is 4.10. The first-order valence-electron chi connectivity index (χ1n) is 7.93. The van der Waals surface area contributed by atoms with Crippen LogP contribution in [-0.2, 0) is 14.8 Å². The minimum absolute atomic E-state index is 0.0835. The van der Waals surface area contributed by atoms with Gasteiger partial charge in [0.15, 0.2) is 0 Å². The summed E-state index contributed by atoms with van der Waals surface area (Å²) < 4.78 is 41.0. The van der Waals surface area contributed by atoms with Gasteiger partial charge in [-0.3, -0.25) is 9.52 Å². The number of anilines is 2. The van der Waals surface area contributed by atoms with Gasteiger partial charge in [-0.15, -0.1) is 0 Å². The summed E-state index contributed by atoms with van der Waals surface area (Å²) in [4.78, 5) is 11.2. The van der Waals surface area contributed by atoms with Crippen molar-refractivity contribution in [1.29, 1.82) is 0 Å². The molecule has 25 heavy (non-hydrogen) atoms. The Labute approximate surface area is 147 Å². The molecule has 0 spiro atoms. The van der Waals surface area contributed by atoms with Crippen LogP contribution in [0.3, 0.4) is 0 Å². The number of benzene rings is 2. The third kappa shape index (κ3) is 4.79. The minimum Gasteiger partial charge on any atom is -0.324 e. The molecular weight excluding hydrogens is 343 g/mol. The number of rotatable bonds is 6. The molecule has 1 amide bonds. The molecule has 0 saturated carbocycles. The molecule has 7 heteroatoms. The van der Waals surface area contributed by atoms with Gasteiger partial charge in [-0.2, -0.15) is 0 Å². The van der Waals surface area contributed by atoms with Gasteiger partial charge in [0.1, 0.15) is 5.82 Å². The van der Waals surface area contributed by atoms with Gasteiger partial charge >= 0.3 is 0 Å². The van der Waals surface area contributed by atoms with E-state index in [2.05, 4.69) is 23.9 Å². The summed E-state index contributed by atoms with van der Waals surface area (Å²) in [5.41, 5.74) is 1.15. The second-order valence-electron chi connectivity index (χ2n) is 5.86. The quantitative estimate of drug-likeness (QED) is 0.810. The van der Waals surface area contributed by atoms with Gasteiger partial charge in [0.05, 0.1) is 16.3 Å². The van der Waals surface area contributed by atoms with E-state index in [4.69, 9.17) is 0 Å². The smallest absolute Gasteiger partial charge is 0.261 e. The summed E-state index contributed by atoms with van der Waals surface area (Å²) in [7, 11) is -3.81. The van der Waals surface area contributed by atoms with Crippen molar-refractivity contribution in [2.24, 2.45) is 0 Å². The van der Waals surface area contributed by atoms with E-state index < -0.39 is 21.7 Å². The van der Waals surface area contributed by atoms with Crippen LogP contribution in [0, 0.1) is 5.82 Å². The first-order valence-corrected chi connectivity index (χ1v) is 9.41. The zero-order chi connectivity index (χ0) is 18.6. The van der Waals surface area contributed by atoms with Gasteiger partial charge in [-0.1, -0.05) is 26.0 Å². The highest BCUT2D eigenvalue weighted by atomic mass is 32.2. The van der Waals surface area contributed by atoms with E-state index >= 15 is 0 Å². The van der Waals surface area contributed by atoms with Crippen LogP contribution in [0.25, 0.3) is 0 Å². The topological polar surface area (TPSA) is 75.3 Å². The number of hydrogen-bond acceptors (Lipinski definition) is 3. The van der Waals surface area contributed by atoms with Crippen molar-refractivity contribution >= 4 is 27.3 Å². The van der Waals surface area contributed by atoms with Crippen LogP contribution in [0.5, 0.6) is 0 Å². The van der Waals surface area contributed by atoms with Crippen molar-refractivity contribution in [2.45, 2.75) is 38.0 Å². The van der Waals surface area contributed by atoms with Crippen molar-refractivity contribution in [3.8, 4) is 0 Å². The standard InChI is InChI=1S/C18H21FN2O3S/c1-4-12(2)14-5-8-16(9-6-14)25(23,24)21-15-7-10-17(19)18(11-15)20-13(3)22/h5-12,21H,4H2,1-3H3,(H,20,22). The van der Waals surface area contributed by atoms with Crippen LogP contribution in [0.4, 0.5) is 15.8 Å². The van der Waals surface area contributed by atoms with Crippen molar-refractivity contribution in [1.82, 2.24) is 0 Å². The maximum atomic E-state index is 13.6. The summed E-state index contributed by atoms with van der Waals surface area (Å²) in [6, 6.07) is 10.3. The zero-order valence-corrected chi connectivity index (χ0v) is 15.2. The molecular formula is C18H21FN2O3S. The van der Waals surface area contributed by atoms with Crippen LogP contribution in [0.1, 0.15) is 38.7 Å². The number of carbonyl (C=O) groups excluding carboxylic acids is 1. The molecule has 0 aromatic heterocycles. The molecule has 134 valence electrons. The molecule has 2 rings (SSSR count). The van der Waals surface area contributed by atoms with Gasteiger partial charge in [0.25, 0.3) is 10.0 Å². The molecule has 0 saturated heterocycles. The Hall–Kier alpha value is -2.41. The lowest BCUT2D eigenvalue weighted by atomic mass is 9.99. The van der Waals surface area contributed by atoms with Crippen LogP contribution >= 0.6 is 0 Å². The normalized spacial score (nSPS) is 12.5. The van der Waals surface area contributed by atoms with Crippen molar-refractivity contribution in [3.05, 3.63) is 53.8 Å². The number of hydrogen-bond donors (Lipinski definition) is 2. The Morgan fingerprint density at radius 2 is 1.80 bits per heavy atom. The molecule has 0 aliphatic rings. The van der Waals surface area contributed by atoms with Gasteiger partial charge in [0, 0.05) is 6.92 Å². The molecule has 0 bridgehead atoms. The molecule has 0 aliphatic carbocycles. The molecule has 5 nitrogen and oxygen atoms in total. The largest absolute Gasteiger partial charge is 0.324 e. The Morgan fingerprint density at radius 3 is 2.36 bits per heavy atom. The van der Waals surface area contributed by atoms with Gasteiger partial charge < -0.3 is 5.32 Å². The van der Waals surface area contributed by atoms with E-state index in [1.165, 1.54) is 19.1 Å². The molecule has 0 heterocycles. The Balaban J connectivity index is 2.25. The molecule has 1 atom stereocenters. The Bertz CT molecular complexity index is 864. The average Bonchev–Trinajstić information content (AvgIpc) is 2.56. The van der Waals surface area contributed by atoms with Crippen molar-refractivity contribution in [2.75, 3.05) is 10.0 Å². The molecule has 0 aliphatic heterocycles. The van der Waals surface area contributed by atoms with E-state index in [1.54, 1.807) is 24.3 Å². The lowest BCUT2D eigenvalue weighted by molar-refractivity contribution is -0.114. The molecule has 2 aromatic rings. The summed E-state index contributed by atoms with van der Waals surface area (Å²) in [6.45, 7) is 5.39. The second-order valence-corrected chi connectivity index (χ2v) is 7.54. The second kappa shape index (κ2) is 7.65. The molecule has 0 radical (unpaired) electrons. The lowest BCUT2D eigenvalue weighted by Crippen LogP contribution is -2.14. The lowest BCUT2D eigenvalue weighted by Gasteiger charge is -2.12. The first-order chi connectivity index (χ1) is 11.7. The van der Waals surface area contributed by atoms with Gasteiger partial charge in [-0.25, -0.2) is 12.8 Å². The van der Waals surface area contributed by atoms with Crippen LogP contribution in [0.2, 0.25) is 0 Å². The molecule has 1 unspecified atom stereocenters.